The molecule has 14 nitrogen and oxygen atoms in total. The lowest BCUT2D eigenvalue weighted by Crippen LogP contribution is -2.31. The summed E-state index contributed by atoms with van der Waals surface area (Å²) in [5.41, 5.74) is 5.41. The minimum atomic E-state index is -0.541. The van der Waals surface area contributed by atoms with Crippen molar-refractivity contribution in [2.75, 3.05) is 39.3 Å². The predicted octanol–water partition coefficient (Wildman–Crippen LogP) is 5.07. The largest absolute Gasteiger partial charge is 0.356 e. The van der Waals surface area contributed by atoms with Crippen molar-refractivity contribution in [3.8, 4) is 0 Å². The van der Waals surface area contributed by atoms with Gasteiger partial charge in [0.15, 0.2) is 0 Å². The molecule has 0 atom stereocenters. The van der Waals surface area contributed by atoms with Crippen LogP contribution < -0.4 is 16.4 Å². The molecule has 0 saturated heterocycles. The Kier molecular flexibility index (Phi) is 30.3. The highest BCUT2D eigenvalue weighted by molar-refractivity contribution is 5.83. The molecule has 0 aromatic rings. The van der Waals surface area contributed by atoms with Crippen LogP contribution in [-0.2, 0) is 24.0 Å². The van der Waals surface area contributed by atoms with Gasteiger partial charge in [-0.15, -0.1) is 0 Å². The lowest BCUT2D eigenvalue weighted by atomic mass is 10.0. The number of carbonyl (C=O) groups is 5. The van der Waals surface area contributed by atoms with Gasteiger partial charge in [-0.3, -0.25) is 39.6 Å². The molecule has 0 radical (unpaired) electrons. The highest BCUT2D eigenvalue weighted by atomic mass is 16.5. The summed E-state index contributed by atoms with van der Waals surface area (Å²) in [5, 5.41) is 37.2. The molecule has 5 amide bonds. The number of hydrogen-bond donors (Lipinski definition) is 6. The summed E-state index contributed by atoms with van der Waals surface area (Å²) in [6.07, 6.45) is 15.5. The van der Waals surface area contributed by atoms with Crippen molar-refractivity contribution in [2.45, 2.75) is 155 Å². The van der Waals surface area contributed by atoms with Gasteiger partial charge in [-0.2, -0.15) is 0 Å². The molecule has 0 aliphatic rings. The van der Waals surface area contributed by atoms with Gasteiger partial charge in [-0.05, 0) is 70.3 Å². The first-order valence-electron chi connectivity index (χ1n) is 19.2. The Morgan fingerprint density at radius 1 is 0.480 bits per heavy atom. The van der Waals surface area contributed by atoms with Crippen molar-refractivity contribution in [3.63, 3.8) is 0 Å². The number of nitrogens with zero attached hydrogens (tertiary/aromatic N) is 3. The highest BCUT2D eigenvalue weighted by Crippen LogP contribution is 2.13. The van der Waals surface area contributed by atoms with E-state index in [1.807, 2.05) is 0 Å². The minimum Gasteiger partial charge on any atom is -0.356 e. The lowest BCUT2D eigenvalue weighted by molar-refractivity contribution is -0.166. The molecule has 14 heteroatoms. The van der Waals surface area contributed by atoms with Gasteiger partial charge in [0.1, 0.15) is 0 Å². The summed E-state index contributed by atoms with van der Waals surface area (Å²) in [4.78, 5) is 60.2. The van der Waals surface area contributed by atoms with Crippen molar-refractivity contribution >= 4 is 29.5 Å². The SMILES string of the molecule is CC(C)CCCCCCCCCC(=O)N(O)CCCCCNC(=O)CCC(=O)N(O)CCCCCNC(=O)CCC(=O)N(O)CCCCCN. The second-order valence-electron chi connectivity index (χ2n) is 13.6. The van der Waals surface area contributed by atoms with E-state index in [2.05, 4.69) is 24.5 Å². The van der Waals surface area contributed by atoms with E-state index in [4.69, 9.17) is 5.73 Å². The van der Waals surface area contributed by atoms with Gasteiger partial charge in [0.2, 0.25) is 29.5 Å². The van der Waals surface area contributed by atoms with Crippen molar-refractivity contribution in [2.24, 2.45) is 11.7 Å². The van der Waals surface area contributed by atoms with Gasteiger partial charge in [0.05, 0.1) is 0 Å². The third-order valence-electron chi connectivity index (χ3n) is 8.48. The molecule has 7 N–H and O–H groups in total. The average Bonchev–Trinajstić information content (AvgIpc) is 3.09. The molecular formula is C36H70N6O8. The van der Waals surface area contributed by atoms with E-state index in [0.29, 0.717) is 74.7 Å². The fourth-order valence-electron chi connectivity index (χ4n) is 5.26. The Morgan fingerprint density at radius 3 is 1.26 bits per heavy atom. The molecule has 0 bridgehead atoms. The zero-order chi connectivity index (χ0) is 37.4. The Hall–Kier alpha value is -2.81. The maximum Gasteiger partial charge on any atom is 0.246 e. The maximum atomic E-state index is 12.1. The Morgan fingerprint density at radius 2 is 0.840 bits per heavy atom. The summed E-state index contributed by atoms with van der Waals surface area (Å²) in [7, 11) is 0. The first kappa shape index (κ1) is 47.2. The van der Waals surface area contributed by atoms with Crippen LogP contribution in [0.5, 0.6) is 0 Å². The van der Waals surface area contributed by atoms with Crippen LogP contribution in [0.15, 0.2) is 0 Å². The van der Waals surface area contributed by atoms with Gasteiger partial charge in [-0.1, -0.05) is 65.2 Å². The summed E-state index contributed by atoms with van der Waals surface area (Å²) < 4.78 is 0. The molecule has 292 valence electrons. The molecule has 0 heterocycles. The van der Waals surface area contributed by atoms with Crippen LogP contribution in [0.1, 0.15) is 155 Å². The van der Waals surface area contributed by atoms with Gasteiger partial charge < -0.3 is 16.4 Å². The van der Waals surface area contributed by atoms with Gasteiger partial charge in [0, 0.05) is 64.8 Å². The summed E-state index contributed by atoms with van der Waals surface area (Å²) in [6.45, 7) is 6.49. The second-order valence-corrected chi connectivity index (χ2v) is 13.6. The maximum absolute atomic E-state index is 12.1. The quantitative estimate of drug-likeness (QED) is 0.0305. The zero-order valence-corrected chi connectivity index (χ0v) is 31.2. The molecule has 0 spiro atoms. The van der Waals surface area contributed by atoms with Crippen molar-refractivity contribution in [3.05, 3.63) is 0 Å². The van der Waals surface area contributed by atoms with E-state index < -0.39 is 11.8 Å². The molecule has 0 aliphatic carbocycles. The van der Waals surface area contributed by atoms with E-state index in [-0.39, 0.29) is 63.0 Å². The number of nitrogens with one attached hydrogen (secondary N) is 2. The minimum absolute atomic E-state index is 0.0188. The number of unbranched alkanes of at least 4 members (excludes halogenated alkanes) is 12. The Labute approximate surface area is 300 Å². The first-order valence-corrected chi connectivity index (χ1v) is 19.2. The molecule has 0 aromatic carbocycles. The molecule has 0 aliphatic heterocycles. The van der Waals surface area contributed by atoms with Crippen LogP contribution in [0.3, 0.4) is 0 Å². The number of nitrogens with two attached hydrogens (primary N) is 1. The number of hydrogen-bond acceptors (Lipinski definition) is 9. The number of carbonyl (C=O) groups excluding carboxylic acids is 5. The highest BCUT2D eigenvalue weighted by Gasteiger charge is 2.15. The monoisotopic (exact) mass is 715 g/mol. The fraction of sp³-hybridized carbons (Fsp3) is 0.861. The molecule has 0 saturated carbocycles. The molecule has 0 aromatic heterocycles. The molecule has 0 rings (SSSR count). The van der Waals surface area contributed by atoms with Crippen LogP contribution in [0.2, 0.25) is 0 Å². The Bertz CT molecular complexity index is 923. The summed E-state index contributed by atoms with van der Waals surface area (Å²) >= 11 is 0. The lowest BCUT2D eigenvalue weighted by Gasteiger charge is -2.15. The predicted molar refractivity (Wildman–Crippen MR) is 192 cm³/mol. The fourth-order valence-corrected chi connectivity index (χ4v) is 5.26. The standard InChI is InChI=1S/C36H70N6O8/c1-31(2)19-11-6-4-3-5-7-12-20-34(45)40(48)29-17-9-14-26-38-33(44)22-24-36(47)42(50)30-18-10-15-27-39-32(43)21-23-35(46)41(49)28-16-8-13-25-37/h31,48-50H,3-30,37H2,1-2H3,(H,38,44)(H,39,43). The zero-order valence-electron chi connectivity index (χ0n) is 31.2. The van der Waals surface area contributed by atoms with Crippen LogP contribution >= 0.6 is 0 Å². The topological polar surface area (TPSA) is 206 Å². The van der Waals surface area contributed by atoms with Crippen LogP contribution in [0.25, 0.3) is 0 Å². The Balaban J connectivity index is 3.74. The van der Waals surface area contributed by atoms with E-state index in [9.17, 15) is 39.6 Å². The van der Waals surface area contributed by atoms with E-state index in [0.717, 1.165) is 49.5 Å². The van der Waals surface area contributed by atoms with Crippen molar-refractivity contribution < 1.29 is 39.6 Å². The summed E-state index contributed by atoms with van der Waals surface area (Å²) in [5.74, 6) is -1.09. The van der Waals surface area contributed by atoms with Crippen molar-refractivity contribution in [1.29, 1.82) is 0 Å². The van der Waals surface area contributed by atoms with Gasteiger partial charge in [0.25, 0.3) is 0 Å². The molecular weight excluding hydrogens is 644 g/mol. The third-order valence-corrected chi connectivity index (χ3v) is 8.48. The number of hydroxylamine groups is 6. The third kappa shape index (κ3) is 29.0. The van der Waals surface area contributed by atoms with Crippen LogP contribution in [-0.4, -0.2) is 99.6 Å². The van der Waals surface area contributed by atoms with E-state index >= 15 is 0 Å². The number of amides is 5. The van der Waals surface area contributed by atoms with Gasteiger partial charge >= 0.3 is 0 Å². The van der Waals surface area contributed by atoms with Crippen molar-refractivity contribution in [1.82, 2.24) is 25.8 Å². The van der Waals surface area contributed by atoms with Gasteiger partial charge in [-0.25, -0.2) is 15.2 Å². The smallest absolute Gasteiger partial charge is 0.246 e. The van der Waals surface area contributed by atoms with E-state index in [1.165, 1.54) is 32.1 Å². The normalized spacial score (nSPS) is 11.0. The number of rotatable bonds is 33. The average molecular weight is 715 g/mol. The molecule has 0 unspecified atom stereocenters. The molecule has 50 heavy (non-hydrogen) atoms. The van der Waals surface area contributed by atoms with E-state index in [1.54, 1.807) is 0 Å². The first-order chi connectivity index (χ1) is 24.0. The van der Waals surface area contributed by atoms with Crippen LogP contribution in [0, 0.1) is 5.92 Å². The van der Waals surface area contributed by atoms with Crippen LogP contribution in [0.4, 0.5) is 0 Å². The second kappa shape index (κ2) is 32.1. The molecule has 0 fully saturated rings. The summed E-state index contributed by atoms with van der Waals surface area (Å²) in [6, 6.07) is 0.